The van der Waals surface area contributed by atoms with E-state index < -0.39 is 5.97 Å². The Balaban J connectivity index is 2.47. The molecule has 0 spiro atoms. The lowest BCUT2D eigenvalue weighted by atomic mass is 10.00. The topological polar surface area (TPSA) is 49.3 Å². The molecule has 5 heteroatoms. The fraction of sp³-hybridized carbons (Fsp3) is 0.696. The fourth-order valence-corrected chi connectivity index (χ4v) is 4.17. The van der Waals surface area contributed by atoms with E-state index in [0.29, 0.717) is 5.69 Å². The second-order valence-corrected chi connectivity index (χ2v) is 8.70. The summed E-state index contributed by atoms with van der Waals surface area (Å²) in [5, 5.41) is 12.4. The van der Waals surface area contributed by atoms with Crippen LogP contribution in [0.15, 0.2) is 24.3 Å². The average molecular weight is 430 g/mol. The first-order valence-corrected chi connectivity index (χ1v) is 11.8. The highest BCUT2D eigenvalue weighted by Gasteiger charge is 2.27. The monoisotopic (exact) mass is 429 g/mol. The van der Waals surface area contributed by atoms with Gasteiger partial charge in [0, 0.05) is 5.69 Å². The Morgan fingerprint density at radius 2 is 1.50 bits per heavy atom. The number of halogens is 2. The first kappa shape index (κ1) is 25.1. The zero-order valence-corrected chi connectivity index (χ0v) is 18.9. The maximum atomic E-state index is 11.5. The minimum Gasteiger partial charge on any atom is -0.478 e. The van der Waals surface area contributed by atoms with Crippen LogP contribution in [0.2, 0.25) is 0 Å². The molecule has 0 radical (unpaired) electrons. The number of rotatable bonds is 16. The van der Waals surface area contributed by atoms with Crippen molar-refractivity contribution in [3.8, 4) is 0 Å². The molecule has 1 rings (SSSR count). The summed E-state index contributed by atoms with van der Waals surface area (Å²) in [6.07, 6.45) is 13.2. The van der Waals surface area contributed by atoms with Crippen molar-refractivity contribution in [2.75, 3.05) is 5.32 Å². The number of aromatic carboxylic acids is 1. The van der Waals surface area contributed by atoms with E-state index in [4.69, 9.17) is 23.2 Å². The van der Waals surface area contributed by atoms with Crippen molar-refractivity contribution >= 4 is 34.9 Å². The number of carbonyl (C=O) groups is 1. The second-order valence-electron chi connectivity index (χ2n) is 7.58. The highest BCUT2D eigenvalue weighted by Crippen LogP contribution is 2.26. The van der Waals surface area contributed by atoms with Gasteiger partial charge in [-0.05, 0) is 25.0 Å². The van der Waals surface area contributed by atoms with Gasteiger partial charge in [-0.3, -0.25) is 0 Å². The molecule has 0 aliphatic carbocycles. The molecule has 0 aliphatic heterocycles. The number of alkyl halides is 2. The summed E-state index contributed by atoms with van der Waals surface area (Å²) in [5.41, 5.74) is 0.830. The number of carboxylic acid groups (broad SMARTS) is 1. The quantitative estimate of drug-likeness (QED) is 0.209. The van der Waals surface area contributed by atoms with Gasteiger partial charge in [-0.25, -0.2) is 4.79 Å². The van der Waals surface area contributed by atoms with Crippen molar-refractivity contribution in [3.05, 3.63) is 29.8 Å². The van der Waals surface area contributed by atoms with Crippen LogP contribution in [0.1, 0.15) is 94.8 Å². The van der Waals surface area contributed by atoms with Gasteiger partial charge in [-0.2, -0.15) is 0 Å². The molecule has 0 saturated carbocycles. The zero-order chi connectivity index (χ0) is 20.8. The van der Waals surface area contributed by atoms with Crippen molar-refractivity contribution in [1.82, 2.24) is 0 Å². The maximum absolute atomic E-state index is 11.5. The van der Waals surface area contributed by atoms with Crippen LogP contribution in [0.4, 0.5) is 5.69 Å². The van der Waals surface area contributed by atoms with Crippen LogP contribution in [0.25, 0.3) is 0 Å². The molecule has 0 fully saturated rings. The molecule has 1 aromatic carbocycles. The SMILES string of the molecule is CCCCCCCCCCCC(Cl)C(Nc1ccccc1C(=O)O)C(Cl)CC. The molecule has 2 N–H and O–H groups in total. The predicted octanol–water partition coefficient (Wildman–Crippen LogP) is 7.71. The molecule has 3 nitrogen and oxygen atoms in total. The van der Waals surface area contributed by atoms with Crippen LogP contribution >= 0.6 is 23.2 Å². The van der Waals surface area contributed by atoms with Gasteiger partial charge in [-0.1, -0.05) is 83.8 Å². The van der Waals surface area contributed by atoms with Crippen molar-refractivity contribution < 1.29 is 9.90 Å². The standard InChI is InChI=1S/C23H37Cl2NO2/c1-3-5-6-7-8-9-10-11-12-16-20(25)22(19(24)4-2)26-21-17-14-13-15-18(21)23(27)28/h13-15,17,19-20,22,26H,3-12,16H2,1-2H3,(H,27,28). The third-order valence-corrected chi connectivity index (χ3v) is 6.30. The van der Waals surface area contributed by atoms with E-state index >= 15 is 0 Å². The first-order chi connectivity index (χ1) is 13.5. The number of carboxylic acids is 1. The number of hydrogen-bond donors (Lipinski definition) is 2. The number of unbranched alkanes of at least 4 members (excludes halogenated alkanes) is 8. The smallest absolute Gasteiger partial charge is 0.337 e. The summed E-state index contributed by atoms with van der Waals surface area (Å²) < 4.78 is 0. The highest BCUT2D eigenvalue weighted by molar-refractivity contribution is 6.24. The predicted molar refractivity (Wildman–Crippen MR) is 122 cm³/mol. The van der Waals surface area contributed by atoms with Crippen LogP contribution in [0, 0.1) is 0 Å². The molecule has 0 saturated heterocycles. The maximum Gasteiger partial charge on any atom is 0.337 e. The Labute approximate surface area is 181 Å². The number of para-hydroxylation sites is 1. The zero-order valence-electron chi connectivity index (χ0n) is 17.4. The Morgan fingerprint density at radius 3 is 2.07 bits per heavy atom. The van der Waals surface area contributed by atoms with E-state index in [1.807, 2.05) is 13.0 Å². The molecular formula is C23H37Cl2NO2. The number of anilines is 1. The van der Waals surface area contributed by atoms with Gasteiger partial charge < -0.3 is 10.4 Å². The van der Waals surface area contributed by atoms with Gasteiger partial charge in [0.2, 0.25) is 0 Å². The fourth-order valence-electron chi connectivity index (χ4n) is 3.47. The summed E-state index contributed by atoms with van der Waals surface area (Å²) >= 11 is 13.2. The summed E-state index contributed by atoms with van der Waals surface area (Å²) in [6, 6.07) is 6.76. The third-order valence-electron chi connectivity index (χ3n) is 5.23. The molecule has 0 bridgehead atoms. The molecule has 3 atom stereocenters. The largest absolute Gasteiger partial charge is 0.478 e. The average Bonchev–Trinajstić information content (AvgIpc) is 2.70. The number of hydrogen-bond acceptors (Lipinski definition) is 2. The van der Waals surface area contributed by atoms with Crippen molar-refractivity contribution in [2.24, 2.45) is 0 Å². The van der Waals surface area contributed by atoms with Gasteiger partial charge >= 0.3 is 5.97 Å². The summed E-state index contributed by atoms with van der Waals surface area (Å²) in [6.45, 7) is 4.27. The second kappa shape index (κ2) is 15.0. The van der Waals surface area contributed by atoms with Crippen LogP contribution < -0.4 is 5.32 Å². The van der Waals surface area contributed by atoms with Crippen LogP contribution in [0.5, 0.6) is 0 Å². The van der Waals surface area contributed by atoms with Gasteiger partial charge in [0.25, 0.3) is 0 Å². The number of nitrogens with one attached hydrogen (secondary N) is 1. The lowest BCUT2D eigenvalue weighted by Gasteiger charge is -2.29. The molecule has 160 valence electrons. The lowest BCUT2D eigenvalue weighted by Crippen LogP contribution is -2.38. The lowest BCUT2D eigenvalue weighted by molar-refractivity contribution is 0.0698. The van der Waals surface area contributed by atoms with Gasteiger partial charge in [0.15, 0.2) is 0 Å². The minimum absolute atomic E-state index is 0.131. The molecule has 0 aliphatic rings. The summed E-state index contributed by atoms with van der Waals surface area (Å²) in [5.74, 6) is -0.950. The van der Waals surface area contributed by atoms with Crippen molar-refractivity contribution in [3.63, 3.8) is 0 Å². The highest BCUT2D eigenvalue weighted by atomic mass is 35.5. The third kappa shape index (κ3) is 9.52. The molecule has 28 heavy (non-hydrogen) atoms. The van der Waals surface area contributed by atoms with E-state index in [1.54, 1.807) is 18.2 Å². The Kier molecular flexibility index (Phi) is 13.4. The molecule has 3 unspecified atom stereocenters. The molecule has 0 aromatic heterocycles. The Morgan fingerprint density at radius 1 is 0.929 bits per heavy atom. The van der Waals surface area contributed by atoms with Crippen LogP contribution in [-0.2, 0) is 0 Å². The molecule has 1 aromatic rings. The van der Waals surface area contributed by atoms with E-state index in [0.717, 1.165) is 19.3 Å². The Hall–Kier alpha value is -0.930. The van der Waals surface area contributed by atoms with Crippen LogP contribution in [-0.4, -0.2) is 27.9 Å². The van der Waals surface area contributed by atoms with Gasteiger partial charge in [0.1, 0.15) is 0 Å². The minimum atomic E-state index is -0.950. The summed E-state index contributed by atoms with van der Waals surface area (Å²) in [4.78, 5) is 11.5. The van der Waals surface area contributed by atoms with Crippen molar-refractivity contribution in [1.29, 1.82) is 0 Å². The Bertz CT molecular complexity index is 553. The van der Waals surface area contributed by atoms with E-state index in [1.165, 1.54) is 51.4 Å². The van der Waals surface area contributed by atoms with Gasteiger partial charge in [0.05, 0.1) is 22.4 Å². The van der Waals surface area contributed by atoms with Crippen molar-refractivity contribution in [2.45, 2.75) is 101 Å². The number of benzene rings is 1. The molecule has 0 amide bonds. The van der Waals surface area contributed by atoms with Crippen LogP contribution in [0.3, 0.4) is 0 Å². The molecule has 0 heterocycles. The van der Waals surface area contributed by atoms with E-state index in [9.17, 15) is 9.90 Å². The van der Waals surface area contributed by atoms with E-state index in [-0.39, 0.29) is 22.4 Å². The normalized spacial score (nSPS) is 14.4. The van der Waals surface area contributed by atoms with Gasteiger partial charge in [-0.15, -0.1) is 23.2 Å². The van der Waals surface area contributed by atoms with E-state index in [2.05, 4.69) is 12.2 Å². The molecular weight excluding hydrogens is 393 g/mol. The first-order valence-electron chi connectivity index (χ1n) is 10.9. The summed E-state index contributed by atoms with van der Waals surface area (Å²) in [7, 11) is 0.